The molecule has 0 aliphatic heterocycles. The number of allylic oxidation sites excluding steroid dienone is 1. The summed E-state index contributed by atoms with van der Waals surface area (Å²) in [4.78, 5) is 12.4. The van der Waals surface area contributed by atoms with Crippen molar-refractivity contribution in [2.24, 2.45) is 0 Å². The molecule has 31 heavy (non-hydrogen) atoms. The number of rotatable bonds is 8. The van der Waals surface area contributed by atoms with Gasteiger partial charge in [-0.25, -0.2) is 8.42 Å². The van der Waals surface area contributed by atoms with E-state index in [1.54, 1.807) is 42.5 Å². The molecule has 0 heterocycles. The van der Waals surface area contributed by atoms with Crippen molar-refractivity contribution >= 4 is 44.8 Å². The predicted molar refractivity (Wildman–Crippen MR) is 127 cm³/mol. The zero-order valence-corrected chi connectivity index (χ0v) is 19.7. The highest BCUT2D eigenvalue weighted by Crippen LogP contribution is 2.29. The van der Waals surface area contributed by atoms with E-state index < -0.39 is 10.0 Å². The molecule has 5 nitrogen and oxygen atoms in total. The molecule has 0 bridgehead atoms. The molecule has 8 heteroatoms. The van der Waals surface area contributed by atoms with Crippen LogP contribution in [0.1, 0.15) is 48.0 Å². The summed E-state index contributed by atoms with van der Waals surface area (Å²) in [5, 5.41) is 3.72. The molecular formula is C23H26Cl2N2O3S. The van der Waals surface area contributed by atoms with E-state index in [4.69, 9.17) is 23.2 Å². The van der Waals surface area contributed by atoms with Gasteiger partial charge in [0.2, 0.25) is 10.0 Å². The highest BCUT2D eigenvalue weighted by Gasteiger charge is 2.21. The summed E-state index contributed by atoms with van der Waals surface area (Å²) in [7, 11) is -3.60. The number of nitrogens with one attached hydrogen (secondary N) is 1. The first-order valence-corrected chi connectivity index (χ1v) is 12.8. The van der Waals surface area contributed by atoms with Gasteiger partial charge in [-0.05, 0) is 68.5 Å². The lowest BCUT2D eigenvalue weighted by molar-refractivity contribution is 0.0954. The Bertz CT molecular complexity index is 1050. The maximum atomic E-state index is 12.4. The highest BCUT2D eigenvalue weighted by atomic mass is 35.5. The Morgan fingerprint density at radius 3 is 2.32 bits per heavy atom. The summed E-state index contributed by atoms with van der Waals surface area (Å²) in [5.74, 6) is -0.178. The largest absolute Gasteiger partial charge is 0.352 e. The monoisotopic (exact) mass is 480 g/mol. The van der Waals surface area contributed by atoms with Crippen molar-refractivity contribution in [3.63, 3.8) is 0 Å². The minimum atomic E-state index is -3.60. The van der Waals surface area contributed by atoms with Crippen LogP contribution in [0.4, 0.5) is 5.69 Å². The molecule has 0 unspecified atom stereocenters. The van der Waals surface area contributed by atoms with E-state index in [0.717, 1.165) is 25.5 Å². The summed E-state index contributed by atoms with van der Waals surface area (Å²) in [6.07, 6.45) is 8.97. The van der Waals surface area contributed by atoms with E-state index in [1.165, 1.54) is 22.7 Å². The second-order valence-corrected chi connectivity index (χ2v) is 10.4. The minimum absolute atomic E-state index is 0.00199. The molecule has 1 amide bonds. The first kappa shape index (κ1) is 23.6. The minimum Gasteiger partial charge on any atom is -0.352 e. The van der Waals surface area contributed by atoms with Crippen LogP contribution in [0.3, 0.4) is 0 Å². The number of amides is 1. The molecule has 0 spiro atoms. The van der Waals surface area contributed by atoms with Gasteiger partial charge in [0.1, 0.15) is 0 Å². The Hall–Kier alpha value is -2.02. The molecule has 0 saturated heterocycles. The molecule has 166 valence electrons. The molecule has 3 rings (SSSR count). The quantitative estimate of drug-likeness (QED) is 0.501. The van der Waals surface area contributed by atoms with Crippen LogP contribution in [0.25, 0.3) is 0 Å². The van der Waals surface area contributed by atoms with Gasteiger partial charge in [0, 0.05) is 27.7 Å². The number of nitrogens with zero attached hydrogens (tertiary/aromatic N) is 1. The lowest BCUT2D eigenvalue weighted by atomic mass is 9.97. The van der Waals surface area contributed by atoms with Gasteiger partial charge in [0.25, 0.3) is 5.91 Å². The number of hydrogen-bond donors (Lipinski definition) is 1. The lowest BCUT2D eigenvalue weighted by Gasteiger charge is -2.23. The summed E-state index contributed by atoms with van der Waals surface area (Å²) in [6.45, 7) is 0.588. The van der Waals surface area contributed by atoms with E-state index in [0.29, 0.717) is 33.4 Å². The number of halogens is 2. The van der Waals surface area contributed by atoms with Gasteiger partial charge in [-0.3, -0.25) is 9.10 Å². The van der Waals surface area contributed by atoms with Gasteiger partial charge in [-0.1, -0.05) is 40.9 Å². The third-order valence-corrected chi connectivity index (χ3v) is 7.15. The van der Waals surface area contributed by atoms with E-state index in [1.807, 2.05) is 0 Å². The third-order valence-electron chi connectivity index (χ3n) is 5.30. The average Bonchev–Trinajstić information content (AvgIpc) is 2.73. The molecule has 0 aromatic heterocycles. The predicted octanol–water partition coefficient (Wildman–Crippen LogP) is 5.58. The van der Waals surface area contributed by atoms with Crippen molar-refractivity contribution in [3.05, 3.63) is 75.3 Å². The van der Waals surface area contributed by atoms with Crippen LogP contribution in [0.2, 0.25) is 10.0 Å². The van der Waals surface area contributed by atoms with Gasteiger partial charge in [0.05, 0.1) is 18.5 Å². The topological polar surface area (TPSA) is 66.5 Å². The summed E-state index contributed by atoms with van der Waals surface area (Å²) in [6, 6.07) is 11.5. The van der Waals surface area contributed by atoms with Crippen LogP contribution in [-0.2, 0) is 16.6 Å². The van der Waals surface area contributed by atoms with Crippen LogP contribution < -0.4 is 9.62 Å². The molecule has 1 aliphatic rings. The second-order valence-electron chi connectivity index (χ2n) is 7.63. The molecular weight excluding hydrogens is 455 g/mol. The molecule has 1 N–H and O–H groups in total. The fourth-order valence-electron chi connectivity index (χ4n) is 3.58. The molecule has 0 radical (unpaired) electrons. The van der Waals surface area contributed by atoms with Gasteiger partial charge in [0.15, 0.2) is 0 Å². The van der Waals surface area contributed by atoms with Crippen molar-refractivity contribution in [2.75, 3.05) is 17.1 Å². The number of carbonyl (C=O) groups excluding carboxylic acids is 1. The number of sulfonamides is 1. The number of benzene rings is 2. The van der Waals surface area contributed by atoms with Gasteiger partial charge < -0.3 is 5.32 Å². The standard InChI is InChI=1S/C23H26Cl2N2O3S/c1-31(29,30)27(16-20-21(24)8-5-9-22(20)25)19-12-10-18(11-13-19)23(28)26-15-14-17-6-3-2-4-7-17/h5-6,8-13H,2-4,7,14-16H2,1H3,(H,26,28). The summed E-state index contributed by atoms with van der Waals surface area (Å²) >= 11 is 12.4. The number of carbonyl (C=O) groups is 1. The highest BCUT2D eigenvalue weighted by molar-refractivity contribution is 7.92. The fraction of sp³-hybridized carbons (Fsp3) is 0.348. The fourth-order valence-corrected chi connectivity index (χ4v) is 4.96. The zero-order chi connectivity index (χ0) is 22.4. The van der Waals surface area contributed by atoms with E-state index in [9.17, 15) is 13.2 Å². The van der Waals surface area contributed by atoms with Gasteiger partial charge in [-0.15, -0.1) is 0 Å². The van der Waals surface area contributed by atoms with Crippen LogP contribution in [0, 0.1) is 0 Å². The van der Waals surface area contributed by atoms with E-state index in [2.05, 4.69) is 11.4 Å². The van der Waals surface area contributed by atoms with E-state index >= 15 is 0 Å². The molecule has 2 aromatic carbocycles. The number of anilines is 1. The summed E-state index contributed by atoms with van der Waals surface area (Å²) < 4.78 is 26.1. The average molecular weight is 481 g/mol. The van der Waals surface area contributed by atoms with E-state index in [-0.39, 0.29) is 12.5 Å². The van der Waals surface area contributed by atoms with Crippen LogP contribution in [0.5, 0.6) is 0 Å². The van der Waals surface area contributed by atoms with Crippen molar-refractivity contribution in [2.45, 2.75) is 38.6 Å². The molecule has 0 atom stereocenters. The molecule has 1 aliphatic carbocycles. The normalized spacial score (nSPS) is 14.1. The Balaban J connectivity index is 1.69. The first-order chi connectivity index (χ1) is 14.8. The van der Waals surface area contributed by atoms with Crippen LogP contribution in [-0.4, -0.2) is 27.1 Å². The Kier molecular flexibility index (Phi) is 8.03. The van der Waals surface area contributed by atoms with Crippen LogP contribution >= 0.6 is 23.2 Å². The third kappa shape index (κ3) is 6.48. The molecule has 2 aromatic rings. The zero-order valence-electron chi connectivity index (χ0n) is 17.4. The van der Waals surface area contributed by atoms with Crippen molar-refractivity contribution < 1.29 is 13.2 Å². The Morgan fingerprint density at radius 2 is 1.74 bits per heavy atom. The maximum Gasteiger partial charge on any atom is 0.251 e. The second kappa shape index (κ2) is 10.5. The maximum absolute atomic E-state index is 12.4. The molecule has 0 fully saturated rings. The molecule has 0 saturated carbocycles. The summed E-state index contributed by atoms with van der Waals surface area (Å²) in [5.41, 5.74) is 2.84. The van der Waals surface area contributed by atoms with Gasteiger partial charge >= 0.3 is 0 Å². The Labute approximate surface area is 194 Å². The smallest absolute Gasteiger partial charge is 0.251 e. The van der Waals surface area contributed by atoms with Crippen molar-refractivity contribution in [1.82, 2.24) is 5.32 Å². The van der Waals surface area contributed by atoms with Gasteiger partial charge in [-0.2, -0.15) is 0 Å². The van der Waals surface area contributed by atoms with Crippen molar-refractivity contribution in [1.29, 1.82) is 0 Å². The first-order valence-electron chi connectivity index (χ1n) is 10.2. The Morgan fingerprint density at radius 1 is 1.06 bits per heavy atom. The lowest BCUT2D eigenvalue weighted by Crippen LogP contribution is -2.30. The van der Waals surface area contributed by atoms with Crippen molar-refractivity contribution in [3.8, 4) is 0 Å². The van der Waals surface area contributed by atoms with Crippen LogP contribution in [0.15, 0.2) is 54.1 Å². The number of hydrogen-bond acceptors (Lipinski definition) is 3. The SMILES string of the molecule is CS(=O)(=O)N(Cc1c(Cl)cccc1Cl)c1ccc(C(=O)NCCC2=CCCCC2)cc1.